The Morgan fingerprint density at radius 1 is 1.46 bits per heavy atom. The maximum atomic E-state index is 10.2. The lowest BCUT2D eigenvalue weighted by molar-refractivity contribution is -0.131. The number of phenols is 1. The normalized spacial score (nSPS) is 10.5. The maximum absolute atomic E-state index is 10.2. The highest BCUT2D eigenvalue weighted by Gasteiger charge is 1.98. The second kappa shape index (κ2) is 3.76. The summed E-state index contributed by atoms with van der Waals surface area (Å²) >= 11 is 0. The molecule has 1 rings (SSSR count). The van der Waals surface area contributed by atoms with Crippen LogP contribution in [-0.2, 0) is 4.79 Å². The molecule has 0 saturated heterocycles. The molecule has 68 valence electrons. The quantitative estimate of drug-likeness (QED) is 0.679. The Bertz CT molecular complexity index is 353. The highest BCUT2D eigenvalue weighted by Crippen LogP contribution is 2.20. The largest absolute Gasteiger partial charge is 0.508 e. The molecule has 0 amide bonds. The molecule has 2 N–H and O–H groups in total. The van der Waals surface area contributed by atoms with Gasteiger partial charge in [0.15, 0.2) is 0 Å². The highest BCUT2D eigenvalue weighted by atomic mass is 16.4. The molecule has 0 aliphatic rings. The van der Waals surface area contributed by atoms with Gasteiger partial charge in [-0.15, -0.1) is 0 Å². The van der Waals surface area contributed by atoms with Crippen molar-refractivity contribution < 1.29 is 15.0 Å². The molecular formula is C10H10O3. The fraction of sp³-hybridized carbons (Fsp3) is 0.100. The number of phenolic OH excluding ortho intramolecular Hbond substituents is 1. The summed E-state index contributed by atoms with van der Waals surface area (Å²) in [4.78, 5) is 10.2. The minimum absolute atomic E-state index is 0.174. The zero-order valence-electron chi connectivity index (χ0n) is 7.19. The van der Waals surface area contributed by atoms with Gasteiger partial charge in [-0.1, -0.05) is 12.1 Å². The molecule has 0 heterocycles. The van der Waals surface area contributed by atoms with E-state index in [2.05, 4.69) is 0 Å². The Morgan fingerprint density at radius 3 is 2.77 bits per heavy atom. The summed E-state index contributed by atoms with van der Waals surface area (Å²) < 4.78 is 0. The number of aliphatic carboxylic acids is 1. The highest BCUT2D eigenvalue weighted by molar-refractivity contribution is 5.85. The van der Waals surface area contributed by atoms with Crippen molar-refractivity contribution >= 4 is 12.0 Å². The van der Waals surface area contributed by atoms with E-state index in [9.17, 15) is 9.90 Å². The third-order valence-corrected chi connectivity index (χ3v) is 1.75. The van der Waals surface area contributed by atoms with Crippen LogP contribution < -0.4 is 0 Å². The average molecular weight is 178 g/mol. The number of aromatic hydroxyl groups is 1. The monoisotopic (exact) mass is 178 g/mol. The van der Waals surface area contributed by atoms with Crippen molar-refractivity contribution in [1.29, 1.82) is 0 Å². The molecule has 0 bridgehead atoms. The molecule has 13 heavy (non-hydrogen) atoms. The summed E-state index contributed by atoms with van der Waals surface area (Å²) in [6.45, 7) is 1.73. The summed E-state index contributed by atoms with van der Waals surface area (Å²) in [6, 6.07) is 4.98. The number of carboxylic acid groups (broad SMARTS) is 1. The fourth-order valence-corrected chi connectivity index (χ4v) is 0.982. The second-order valence-corrected chi connectivity index (χ2v) is 2.66. The lowest BCUT2D eigenvalue weighted by Gasteiger charge is -2.01. The summed E-state index contributed by atoms with van der Waals surface area (Å²) in [7, 11) is 0. The first-order chi connectivity index (χ1) is 6.11. The average Bonchev–Trinajstić information content (AvgIpc) is 2.07. The molecule has 0 unspecified atom stereocenters. The number of hydrogen-bond donors (Lipinski definition) is 2. The molecule has 0 aromatic heterocycles. The number of hydrogen-bond acceptors (Lipinski definition) is 2. The van der Waals surface area contributed by atoms with Gasteiger partial charge in [0, 0.05) is 6.08 Å². The number of rotatable bonds is 2. The van der Waals surface area contributed by atoms with Crippen LogP contribution in [0.3, 0.4) is 0 Å². The van der Waals surface area contributed by atoms with Gasteiger partial charge >= 0.3 is 5.97 Å². The van der Waals surface area contributed by atoms with E-state index >= 15 is 0 Å². The van der Waals surface area contributed by atoms with Crippen LogP contribution in [0.25, 0.3) is 6.08 Å². The fourth-order valence-electron chi connectivity index (χ4n) is 0.982. The van der Waals surface area contributed by atoms with Crippen LogP contribution in [0.4, 0.5) is 0 Å². The summed E-state index contributed by atoms with van der Waals surface area (Å²) in [5, 5.41) is 17.7. The van der Waals surface area contributed by atoms with Crippen molar-refractivity contribution in [2.45, 2.75) is 6.92 Å². The van der Waals surface area contributed by atoms with Crippen LogP contribution in [0.15, 0.2) is 24.3 Å². The molecule has 0 aliphatic heterocycles. The van der Waals surface area contributed by atoms with Gasteiger partial charge in [-0.05, 0) is 30.2 Å². The second-order valence-electron chi connectivity index (χ2n) is 2.66. The zero-order valence-corrected chi connectivity index (χ0v) is 7.19. The van der Waals surface area contributed by atoms with Crippen LogP contribution in [0.1, 0.15) is 11.1 Å². The predicted molar refractivity (Wildman–Crippen MR) is 49.5 cm³/mol. The van der Waals surface area contributed by atoms with E-state index in [0.29, 0.717) is 11.1 Å². The SMILES string of the molecule is Cc1c(O)cccc1/C=C/C(=O)O. The molecule has 0 radical (unpaired) electrons. The topological polar surface area (TPSA) is 57.5 Å². The molecule has 0 fully saturated rings. The van der Waals surface area contributed by atoms with Crippen LogP contribution >= 0.6 is 0 Å². The van der Waals surface area contributed by atoms with Crippen LogP contribution in [-0.4, -0.2) is 16.2 Å². The van der Waals surface area contributed by atoms with Crippen LogP contribution in [0.5, 0.6) is 5.75 Å². The van der Waals surface area contributed by atoms with E-state index in [1.54, 1.807) is 25.1 Å². The Hall–Kier alpha value is -1.77. The molecule has 0 spiro atoms. The zero-order chi connectivity index (χ0) is 9.84. The maximum Gasteiger partial charge on any atom is 0.328 e. The Morgan fingerprint density at radius 2 is 2.15 bits per heavy atom. The van der Waals surface area contributed by atoms with Crippen molar-refractivity contribution in [2.24, 2.45) is 0 Å². The van der Waals surface area contributed by atoms with Gasteiger partial charge in [0.2, 0.25) is 0 Å². The van der Waals surface area contributed by atoms with Gasteiger partial charge in [-0.3, -0.25) is 0 Å². The molecule has 3 heteroatoms. The van der Waals surface area contributed by atoms with Crippen molar-refractivity contribution in [3.63, 3.8) is 0 Å². The first kappa shape index (κ1) is 9.32. The van der Waals surface area contributed by atoms with Gasteiger partial charge < -0.3 is 10.2 Å². The van der Waals surface area contributed by atoms with Gasteiger partial charge in [-0.25, -0.2) is 4.79 Å². The smallest absolute Gasteiger partial charge is 0.328 e. The number of carbonyl (C=O) groups is 1. The molecule has 0 saturated carbocycles. The molecule has 0 aliphatic carbocycles. The molecule has 1 aromatic rings. The standard InChI is InChI=1S/C10H10O3/c1-7-8(5-6-10(12)13)3-2-4-9(7)11/h2-6,11H,1H3,(H,12,13)/b6-5+. The number of carboxylic acids is 1. The van der Waals surface area contributed by atoms with Gasteiger partial charge in [0.25, 0.3) is 0 Å². The number of benzene rings is 1. The van der Waals surface area contributed by atoms with E-state index in [1.165, 1.54) is 6.08 Å². The Balaban J connectivity index is 3.02. The van der Waals surface area contributed by atoms with Gasteiger partial charge in [0.1, 0.15) is 5.75 Å². The molecule has 0 atom stereocenters. The third-order valence-electron chi connectivity index (χ3n) is 1.75. The van der Waals surface area contributed by atoms with Crippen LogP contribution in [0.2, 0.25) is 0 Å². The lowest BCUT2D eigenvalue weighted by atomic mass is 10.1. The molecule has 3 nitrogen and oxygen atoms in total. The van der Waals surface area contributed by atoms with E-state index in [1.807, 2.05) is 0 Å². The molecular weight excluding hydrogens is 168 g/mol. The van der Waals surface area contributed by atoms with Gasteiger partial charge in [-0.2, -0.15) is 0 Å². The minimum atomic E-state index is -0.997. The van der Waals surface area contributed by atoms with E-state index in [4.69, 9.17) is 5.11 Å². The van der Waals surface area contributed by atoms with Gasteiger partial charge in [0.05, 0.1) is 0 Å². The molecule has 1 aromatic carbocycles. The van der Waals surface area contributed by atoms with Crippen molar-refractivity contribution in [2.75, 3.05) is 0 Å². The summed E-state index contributed by atoms with van der Waals surface area (Å²) in [5.41, 5.74) is 1.39. The third kappa shape index (κ3) is 2.33. The van der Waals surface area contributed by atoms with E-state index in [-0.39, 0.29) is 5.75 Å². The summed E-state index contributed by atoms with van der Waals surface area (Å²) in [5.74, 6) is -0.824. The van der Waals surface area contributed by atoms with E-state index < -0.39 is 5.97 Å². The van der Waals surface area contributed by atoms with Crippen molar-refractivity contribution in [1.82, 2.24) is 0 Å². The first-order valence-electron chi connectivity index (χ1n) is 3.81. The van der Waals surface area contributed by atoms with Crippen LogP contribution in [0, 0.1) is 6.92 Å². The van der Waals surface area contributed by atoms with E-state index in [0.717, 1.165) is 6.08 Å². The van der Waals surface area contributed by atoms with Crippen molar-refractivity contribution in [3.8, 4) is 5.75 Å². The lowest BCUT2D eigenvalue weighted by Crippen LogP contribution is -1.87. The predicted octanol–water partition coefficient (Wildman–Crippen LogP) is 1.80. The Labute approximate surface area is 76.0 Å². The summed E-state index contributed by atoms with van der Waals surface area (Å²) in [6.07, 6.45) is 2.50. The first-order valence-corrected chi connectivity index (χ1v) is 3.81. The minimum Gasteiger partial charge on any atom is -0.508 e. The Kier molecular flexibility index (Phi) is 2.69. The van der Waals surface area contributed by atoms with Crippen molar-refractivity contribution in [3.05, 3.63) is 35.4 Å².